The summed E-state index contributed by atoms with van der Waals surface area (Å²) in [6.45, 7) is 5.82. The quantitative estimate of drug-likeness (QED) is 0.302. The summed E-state index contributed by atoms with van der Waals surface area (Å²) in [5.74, 6) is -1.31. The van der Waals surface area contributed by atoms with Gasteiger partial charge >= 0.3 is 6.03 Å². The third-order valence-corrected chi connectivity index (χ3v) is 6.03. The Bertz CT molecular complexity index is 1480. The molecule has 39 heavy (non-hydrogen) atoms. The molecule has 4 rings (SSSR count). The first-order valence-corrected chi connectivity index (χ1v) is 12.5. The summed E-state index contributed by atoms with van der Waals surface area (Å²) in [5, 5.41) is 5.29. The molecule has 0 aromatic heterocycles. The number of imide groups is 2. The van der Waals surface area contributed by atoms with Crippen LogP contribution < -0.4 is 25.0 Å². The van der Waals surface area contributed by atoms with Crippen molar-refractivity contribution in [1.82, 2.24) is 5.32 Å². The smallest absolute Gasteiger partial charge is 0.335 e. The van der Waals surface area contributed by atoms with E-state index in [0.29, 0.717) is 23.1 Å². The molecule has 0 spiro atoms. The summed E-state index contributed by atoms with van der Waals surface area (Å²) >= 11 is 6.17. The predicted octanol–water partition coefficient (Wildman–Crippen LogP) is 5.04. The molecule has 1 aliphatic rings. The lowest BCUT2D eigenvalue weighted by Gasteiger charge is -2.26. The van der Waals surface area contributed by atoms with E-state index in [1.165, 1.54) is 30.3 Å². The van der Waals surface area contributed by atoms with E-state index in [1.807, 2.05) is 39.0 Å². The van der Waals surface area contributed by atoms with Crippen molar-refractivity contribution in [3.63, 3.8) is 0 Å². The Balaban J connectivity index is 1.56. The van der Waals surface area contributed by atoms with Crippen molar-refractivity contribution in [3.8, 4) is 11.5 Å². The highest BCUT2D eigenvalue weighted by molar-refractivity contribution is 6.39. The highest BCUT2D eigenvalue weighted by Gasteiger charge is 2.37. The lowest BCUT2D eigenvalue weighted by atomic mass is 10.1. The average molecular weight is 548 g/mol. The Labute approximate surface area is 230 Å². The van der Waals surface area contributed by atoms with Crippen LogP contribution in [0, 0.1) is 13.8 Å². The van der Waals surface area contributed by atoms with Crippen molar-refractivity contribution >= 4 is 52.8 Å². The van der Waals surface area contributed by atoms with Gasteiger partial charge in [0.2, 0.25) is 0 Å². The van der Waals surface area contributed by atoms with Gasteiger partial charge in [0.15, 0.2) is 6.61 Å². The number of hydrogen-bond acceptors (Lipinski definition) is 6. The van der Waals surface area contributed by atoms with Crippen molar-refractivity contribution in [3.05, 3.63) is 87.9 Å². The summed E-state index contributed by atoms with van der Waals surface area (Å²) in [5.41, 5.74) is 2.87. The van der Waals surface area contributed by atoms with E-state index in [9.17, 15) is 19.2 Å². The molecule has 5 amide bonds. The molecule has 1 fully saturated rings. The van der Waals surface area contributed by atoms with E-state index in [2.05, 4.69) is 10.6 Å². The highest BCUT2D eigenvalue weighted by atomic mass is 35.5. The molecule has 0 unspecified atom stereocenters. The van der Waals surface area contributed by atoms with Crippen LogP contribution in [0.25, 0.3) is 6.08 Å². The molecule has 1 aliphatic heterocycles. The van der Waals surface area contributed by atoms with Crippen molar-refractivity contribution < 1.29 is 28.7 Å². The lowest BCUT2D eigenvalue weighted by Crippen LogP contribution is -2.54. The lowest BCUT2D eigenvalue weighted by molar-refractivity contribution is -0.122. The Morgan fingerprint density at radius 1 is 1.00 bits per heavy atom. The van der Waals surface area contributed by atoms with E-state index in [1.54, 1.807) is 18.2 Å². The van der Waals surface area contributed by atoms with Gasteiger partial charge < -0.3 is 14.8 Å². The van der Waals surface area contributed by atoms with Gasteiger partial charge in [-0.25, -0.2) is 9.69 Å². The molecule has 0 saturated carbocycles. The molecule has 2 N–H and O–H groups in total. The normalized spacial score (nSPS) is 14.3. The number of rotatable bonds is 8. The van der Waals surface area contributed by atoms with Gasteiger partial charge in [0.1, 0.15) is 17.1 Å². The molecular formula is C29H26ClN3O6. The van der Waals surface area contributed by atoms with Gasteiger partial charge in [-0.3, -0.25) is 19.7 Å². The Morgan fingerprint density at radius 3 is 2.44 bits per heavy atom. The molecule has 9 nitrogen and oxygen atoms in total. The number of carbonyl (C=O) groups is 4. The minimum Gasteiger partial charge on any atom is -0.494 e. The first kappa shape index (κ1) is 27.4. The standard InChI is InChI=1S/C29H26ClN3O6/c1-4-38-22-9-7-21(8-10-22)33-28(36)23(27(35)32-29(33)37)15-19-14-20(30)6-12-25(19)39-16-26(34)31-24-11-5-17(2)13-18(24)3/h5-15H,4,16H2,1-3H3,(H,31,34)(H,32,35,37)/b23-15+. The first-order chi connectivity index (χ1) is 18.7. The predicted molar refractivity (Wildman–Crippen MR) is 148 cm³/mol. The van der Waals surface area contributed by atoms with Crippen LogP contribution in [0.5, 0.6) is 11.5 Å². The largest absolute Gasteiger partial charge is 0.494 e. The van der Waals surface area contributed by atoms with Crippen molar-refractivity contribution in [2.45, 2.75) is 20.8 Å². The number of benzene rings is 3. The molecule has 10 heteroatoms. The number of amides is 5. The van der Waals surface area contributed by atoms with Gasteiger partial charge in [-0.2, -0.15) is 0 Å². The van der Waals surface area contributed by atoms with Gasteiger partial charge in [-0.15, -0.1) is 0 Å². The number of ether oxygens (including phenoxy) is 2. The van der Waals surface area contributed by atoms with E-state index in [0.717, 1.165) is 16.0 Å². The molecule has 1 saturated heterocycles. The van der Waals surface area contributed by atoms with Crippen LogP contribution in [0.2, 0.25) is 5.02 Å². The van der Waals surface area contributed by atoms with Crippen LogP contribution in [0.1, 0.15) is 23.6 Å². The monoisotopic (exact) mass is 547 g/mol. The number of barbiturate groups is 1. The summed E-state index contributed by atoms with van der Waals surface area (Å²) in [6, 6.07) is 15.7. The summed E-state index contributed by atoms with van der Waals surface area (Å²) in [4.78, 5) is 51.9. The van der Waals surface area contributed by atoms with Crippen LogP contribution in [0.4, 0.5) is 16.2 Å². The van der Waals surface area contributed by atoms with Gasteiger partial charge in [-0.1, -0.05) is 29.3 Å². The van der Waals surface area contributed by atoms with E-state index in [4.69, 9.17) is 21.1 Å². The van der Waals surface area contributed by atoms with Crippen LogP contribution in [0.3, 0.4) is 0 Å². The Morgan fingerprint density at radius 2 is 1.74 bits per heavy atom. The number of carbonyl (C=O) groups excluding carboxylic acids is 4. The summed E-state index contributed by atoms with van der Waals surface area (Å²) in [6.07, 6.45) is 1.27. The fourth-order valence-corrected chi connectivity index (χ4v) is 4.13. The number of halogens is 1. The van der Waals surface area contributed by atoms with E-state index < -0.39 is 23.8 Å². The molecule has 3 aromatic rings. The fraction of sp³-hybridized carbons (Fsp3) is 0.172. The second kappa shape index (κ2) is 11.8. The van der Waals surface area contributed by atoms with Gasteiger partial charge in [0.05, 0.1) is 12.3 Å². The van der Waals surface area contributed by atoms with Gasteiger partial charge in [0.25, 0.3) is 17.7 Å². The van der Waals surface area contributed by atoms with Crippen molar-refractivity contribution in [2.75, 3.05) is 23.4 Å². The fourth-order valence-electron chi connectivity index (χ4n) is 3.95. The molecule has 1 heterocycles. The number of aryl methyl sites for hydroxylation is 2. The molecule has 0 radical (unpaired) electrons. The number of nitrogens with zero attached hydrogens (tertiary/aromatic N) is 1. The zero-order valence-corrected chi connectivity index (χ0v) is 22.3. The third kappa shape index (κ3) is 6.45. The molecule has 3 aromatic carbocycles. The minimum absolute atomic E-state index is 0.216. The zero-order valence-electron chi connectivity index (χ0n) is 21.5. The molecule has 0 atom stereocenters. The second-order valence-electron chi connectivity index (χ2n) is 8.72. The van der Waals surface area contributed by atoms with Gasteiger partial charge in [-0.05, 0) is 80.9 Å². The van der Waals surface area contributed by atoms with E-state index >= 15 is 0 Å². The highest BCUT2D eigenvalue weighted by Crippen LogP contribution is 2.29. The van der Waals surface area contributed by atoms with Crippen LogP contribution in [-0.4, -0.2) is 37.0 Å². The van der Waals surface area contributed by atoms with Crippen LogP contribution >= 0.6 is 11.6 Å². The molecule has 0 bridgehead atoms. The zero-order chi connectivity index (χ0) is 28.1. The van der Waals surface area contributed by atoms with Crippen molar-refractivity contribution in [1.29, 1.82) is 0 Å². The van der Waals surface area contributed by atoms with Crippen molar-refractivity contribution in [2.24, 2.45) is 0 Å². The minimum atomic E-state index is -0.878. The maximum atomic E-state index is 13.3. The Kier molecular flexibility index (Phi) is 8.31. The molecular weight excluding hydrogens is 522 g/mol. The van der Waals surface area contributed by atoms with Crippen LogP contribution in [0.15, 0.2) is 66.2 Å². The molecule has 200 valence electrons. The second-order valence-corrected chi connectivity index (χ2v) is 9.16. The van der Waals surface area contributed by atoms with Crippen LogP contribution in [-0.2, 0) is 14.4 Å². The maximum absolute atomic E-state index is 13.3. The number of anilines is 2. The SMILES string of the molecule is CCOc1ccc(N2C(=O)NC(=O)/C(=C\c3cc(Cl)ccc3OCC(=O)Nc3ccc(C)cc3C)C2=O)cc1. The maximum Gasteiger partial charge on any atom is 0.335 e. The van der Waals surface area contributed by atoms with E-state index in [-0.39, 0.29) is 29.2 Å². The topological polar surface area (TPSA) is 114 Å². The Hall–Kier alpha value is -4.63. The number of nitrogens with one attached hydrogen (secondary N) is 2. The summed E-state index contributed by atoms with van der Waals surface area (Å²) in [7, 11) is 0. The third-order valence-electron chi connectivity index (χ3n) is 5.79. The summed E-state index contributed by atoms with van der Waals surface area (Å²) < 4.78 is 11.1. The number of hydrogen-bond donors (Lipinski definition) is 2. The number of urea groups is 1. The average Bonchev–Trinajstić information content (AvgIpc) is 2.89. The first-order valence-electron chi connectivity index (χ1n) is 12.1. The van der Waals surface area contributed by atoms with Gasteiger partial charge in [0, 0.05) is 16.3 Å². The molecule has 0 aliphatic carbocycles.